The lowest BCUT2D eigenvalue weighted by Crippen LogP contribution is -2.99. The highest BCUT2D eigenvalue weighted by atomic mass is 31.2. The average Bonchev–Trinajstić information content (AvgIpc) is 2.45. The van der Waals surface area contributed by atoms with Gasteiger partial charge >= 0.3 is 7.60 Å². The summed E-state index contributed by atoms with van der Waals surface area (Å²) in [5.74, 6) is 0. The fraction of sp³-hybridized carbons (Fsp3) is 0.308. The van der Waals surface area contributed by atoms with Gasteiger partial charge in [-0.3, -0.25) is 4.57 Å². The molecule has 1 rings (SSSR count). The molecule has 0 spiro atoms. The molecular formula is C13H17N2O5P. The van der Waals surface area contributed by atoms with Gasteiger partial charge in [0, 0.05) is 12.1 Å². The number of hydrogen-bond acceptors (Lipinski definition) is 6. The van der Waals surface area contributed by atoms with Crippen molar-refractivity contribution in [3.63, 3.8) is 0 Å². The van der Waals surface area contributed by atoms with Crippen molar-refractivity contribution in [2.24, 2.45) is 0 Å². The van der Waals surface area contributed by atoms with Crippen LogP contribution in [0.4, 0.5) is 5.69 Å². The van der Waals surface area contributed by atoms with E-state index < -0.39 is 12.8 Å². The number of allylic oxidation sites excluding steroid dienone is 1. The molecule has 1 aromatic carbocycles. The van der Waals surface area contributed by atoms with E-state index in [4.69, 9.17) is 14.3 Å². The van der Waals surface area contributed by atoms with Gasteiger partial charge in [-0.25, -0.2) is 5.21 Å². The Labute approximate surface area is 123 Å². The summed E-state index contributed by atoms with van der Waals surface area (Å²) in [6, 6.07) is 7.66. The highest BCUT2D eigenvalue weighted by molar-refractivity contribution is 7.59. The summed E-state index contributed by atoms with van der Waals surface area (Å²) in [6.45, 7) is 3.60. The summed E-state index contributed by atoms with van der Waals surface area (Å²) in [7, 11) is -3.64. The van der Waals surface area contributed by atoms with Gasteiger partial charge in [-0.05, 0) is 37.6 Å². The molecule has 0 saturated carbocycles. The first kappa shape index (κ1) is 17.5. The Morgan fingerprint density at radius 3 is 2.29 bits per heavy atom. The van der Waals surface area contributed by atoms with Crippen molar-refractivity contribution < 1.29 is 24.0 Å². The van der Waals surface area contributed by atoms with Crippen LogP contribution in [0.5, 0.6) is 0 Å². The molecule has 0 saturated heterocycles. The first-order valence-electron chi connectivity index (χ1n) is 6.31. The van der Waals surface area contributed by atoms with Gasteiger partial charge in [0.25, 0.3) is 0 Å². The molecule has 1 aromatic rings. The number of nitrogens with zero attached hydrogens (tertiary/aromatic N) is 1. The van der Waals surface area contributed by atoms with Crippen LogP contribution in [0.3, 0.4) is 0 Å². The molecule has 8 heteroatoms. The second kappa shape index (κ2) is 8.05. The van der Waals surface area contributed by atoms with Crippen LogP contribution in [0.2, 0.25) is 0 Å². The van der Waals surface area contributed by atoms with Crippen molar-refractivity contribution in [2.75, 3.05) is 13.2 Å². The minimum atomic E-state index is -3.64. The van der Waals surface area contributed by atoms with Gasteiger partial charge in [0.2, 0.25) is 0 Å². The molecule has 0 aliphatic heterocycles. The van der Waals surface area contributed by atoms with E-state index in [1.165, 1.54) is 30.3 Å². The second-order valence-electron chi connectivity index (χ2n) is 3.90. The van der Waals surface area contributed by atoms with E-state index in [1.54, 1.807) is 13.8 Å². The highest BCUT2D eigenvalue weighted by Gasteiger charge is 2.29. The summed E-state index contributed by atoms with van der Waals surface area (Å²) in [6.07, 6.45) is 1.37. The summed E-state index contributed by atoms with van der Waals surface area (Å²) in [5, 5.41) is 27.6. The average molecular weight is 312 g/mol. The van der Waals surface area contributed by atoms with E-state index in [-0.39, 0.29) is 24.2 Å². The smallest absolute Gasteiger partial charge is 0.371 e. The van der Waals surface area contributed by atoms with Crippen LogP contribution in [-0.4, -0.2) is 18.4 Å². The molecule has 0 aliphatic carbocycles. The first-order chi connectivity index (χ1) is 9.96. The molecule has 0 heterocycles. The van der Waals surface area contributed by atoms with Crippen LogP contribution >= 0.6 is 7.60 Å². The number of rotatable bonds is 7. The minimum Gasteiger partial charge on any atom is -0.595 e. The topological polar surface area (TPSA) is 107 Å². The maximum Gasteiger partial charge on any atom is 0.371 e. The third-order valence-electron chi connectivity index (χ3n) is 2.47. The van der Waals surface area contributed by atoms with Crippen LogP contribution < -0.4 is 5.23 Å². The molecule has 0 aromatic heterocycles. The zero-order valence-corrected chi connectivity index (χ0v) is 12.7. The predicted octanol–water partition coefficient (Wildman–Crippen LogP) is 2.22. The maximum atomic E-state index is 12.5. The molecular weight excluding hydrogens is 295 g/mol. The molecule has 0 aliphatic rings. The molecule has 114 valence electrons. The largest absolute Gasteiger partial charge is 0.595 e. The Balaban J connectivity index is 3.13. The van der Waals surface area contributed by atoms with Gasteiger partial charge in [-0.15, -0.1) is 0 Å². The Morgan fingerprint density at radius 2 is 1.90 bits per heavy atom. The maximum absolute atomic E-state index is 12.5. The van der Waals surface area contributed by atoms with E-state index >= 15 is 0 Å². The minimum absolute atomic E-state index is 0.116. The van der Waals surface area contributed by atoms with Crippen molar-refractivity contribution in [1.29, 1.82) is 5.26 Å². The van der Waals surface area contributed by atoms with Crippen molar-refractivity contribution in [3.05, 3.63) is 40.4 Å². The Bertz CT molecular complexity index is 567. The monoisotopic (exact) mass is 312 g/mol. The molecule has 0 radical (unpaired) electrons. The highest BCUT2D eigenvalue weighted by Crippen LogP contribution is 2.56. The van der Waals surface area contributed by atoms with Gasteiger partial charge < -0.3 is 14.3 Å². The van der Waals surface area contributed by atoms with Crippen molar-refractivity contribution in [2.45, 2.75) is 13.8 Å². The number of quaternary nitrogens is 1. The molecule has 2 N–H and O–H groups in total. The Hall–Kier alpha value is -1.52. The van der Waals surface area contributed by atoms with Crippen molar-refractivity contribution >= 4 is 19.4 Å². The predicted molar refractivity (Wildman–Crippen MR) is 76.7 cm³/mol. The number of hydrogen-bond donors (Lipinski definition) is 2. The van der Waals surface area contributed by atoms with Crippen molar-refractivity contribution in [3.8, 4) is 6.07 Å². The van der Waals surface area contributed by atoms with E-state index in [0.717, 1.165) is 0 Å². The molecule has 21 heavy (non-hydrogen) atoms. The number of nitrogens with one attached hydrogen (secondary N) is 1. The lowest BCUT2D eigenvalue weighted by Gasteiger charge is -2.16. The fourth-order valence-electron chi connectivity index (χ4n) is 1.57. The van der Waals surface area contributed by atoms with Gasteiger partial charge in [0.1, 0.15) is 11.4 Å². The normalized spacial score (nSPS) is 13.8. The van der Waals surface area contributed by atoms with E-state index in [1.807, 2.05) is 6.07 Å². The summed E-state index contributed by atoms with van der Waals surface area (Å²) in [5.41, 5.74) is 0.666. The van der Waals surface area contributed by atoms with Gasteiger partial charge in [0.05, 0.1) is 13.2 Å². The SMILES string of the molecule is CCOP(=O)(OCC)/C(C#N)=C/c1ccc([NH+]([O-])O)cc1. The van der Waals surface area contributed by atoms with Crippen LogP contribution in [0.25, 0.3) is 6.08 Å². The lowest BCUT2D eigenvalue weighted by molar-refractivity contribution is -0.991. The van der Waals surface area contributed by atoms with Gasteiger partial charge in [-0.2, -0.15) is 10.5 Å². The quantitative estimate of drug-likeness (QED) is 0.454. The molecule has 7 nitrogen and oxygen atoms in total. The third kappa shape index (κ3) is 4.76. The van der Waals surface area contributed by atoms with E-state index in [9.17, 15) is 15.0 Å². The molecule has 0 amide bonds. The first-order valence-corrected chi connectivity index (χ1v) is 7.86. The number of nitriles is 1. The molecule has 0 fully saturated rings. The fourth-order valence-corrected chi connectivity index (χ4v) is 3.03. The zero-order chi connectivity index (χ0) is 15.9. The molecule has 0 bridgehead atoms. The van der Waals surface area contributed by atoms with Crippen LogP contribution in [0, 0.1) is 16.5 Å². The lowest BCUT2D eigenvalue weighted by atomic mass is 10.2. The zero-order valence-electron chi connectivity index (χ0n) is 11.8. The van der Waals surface area contributed by atoms with Crippen LogP contribution in [-0.2, 0) is 13.6 Å². The Morgan fingerprint density at radius 1 is 1.38 bits per heavy atom. The molecule has 1 atom stereocenters. The second-order valence-corrected chi connectivity index (χ2v) is 5.89. The standard InChI is InChI=1S/C13H17N2O5P/c1-3-19-21(18,20-4-2)13(10-14)9-11-5-7-12(8-6-11)15(16)17/h5-9,15-16H,3-4H2,1-2H3/b13-9+. The van der Waals surface area contributed by atoms with E-state index in [2.05, 4.69) is 0 Å². The van der Waals surface area contributed by atoms with Crippen LogP contribution in [0.1, 0.15) is 19.4 Å². The summed E-state index contributed by atoms with van der Waals surface area (Å²) >= 11 is 0. The Kier molecular flexibility index (Phi) is 6.72. The van der Waals surface area contributed by atoms with Gasteiger partial charge in [-0.1, -0.05) is 0 Å². The van der Waals surface area contributed by atoms with Gasteiger partial charge in [0.15, 0.2) is 5.69 Å². The van der Waals surface area contributed by atoms with Crippen molar-refractivity contribution in [1.82, 2.24) is 0 Å². The van der Waals surface area contributed by atoms with E-state index in [0.29, 0.717) is 5.56 Å². The summed E-state index contributed by atoms with van der Waals surface area (Å²) < 4.78 is 22.7. The molecule has 1 unspecified atom stereocenters. The third-order valence-corrected chi connectivity index (χ3v) is 4.48. The number of benzene rings is 1. The van der Waals surface area contributed by atoms with Crippen LogP contribution in [0.15, 0.2) is 29.6 Å². The summed E-state index contributed by atoms with van der Waals surface area (Å²) in [4.78, 5) is 0.